The smallest absolute Gasteiger partial charge is 0.204 e. The van der Waals surface area contributed by atoms with E-state index in [4.69, 9.17) is 0 Å². The molecule has 0 amide bonds. The summed E-state index contributed by atoms with van der Waals surface area (Å²) in [5.41, 5.74) is 0.965. The van der Waals surface area contributed by atoms with Crippen molar-refractivity contribution in [3.63, 3.8) is 0 Å². The van der Waals surface area contributed by atoms with Gasteiger partial charge in [0.05, 0.1) is 0 Å². The Labute approximate surface area is 114 Å². The van der Waals surface area contributed by atoms with Gasteiger partial charge in [-0.2, -0.15) is 5.10 Å². The summed E-state index contributed by atoms with van der Waals surface area (Å²) in [6.45, 7) is 3.95. The van der Waals surface area contributed by atoms with Crippen LogP contribution in [-0.4, -0.2) is 20.5 Å². The van der Waals surface area contributed by atoms with Crippen molar-refractivity contribution >= 4 is 21.7 Å². The molecule has 0 bridgehead atoms. The maximum absolute atomic E-state index is 12.2. The van der Waals surface area contributed by atoms with E-state index in [0.29, 0.717) is 12.2 Å². The minimum atomic E-state index is -0.0145. The fraction of sp³-hybridized carbons (Fsp3) is 0.308. The van der Waals surface area contributed by atoms with Gasteiger partial charge in [-0.25, -0.2) is 9.67 Å². The van der Waals surface area contributed by atoms with E-state index in [1.54, 1.807) is 4.68 Å². The third-order valence-electron chi connectivity index (χ3n) is 2.57. The maximum atomic E-state index is 12.2. The van der Waals surface area contributed by atoms with Crippen molar-refractivity contribution < 1.29 is 4.79 Å². The van der Waals surface area contributed by atoms with Gasteiger partial charge in [-0.1, -0.05) is 28.1 Å². The Morgan fingerprint density at radius 1 is 1.44 bits per heavy atom. The number of benzene rings is 1. The summed E-state index contributed by atoms with van der Waals surface area (Å²) in [7, 11) is 0. The number of nitrogens with zero attached hydrogens (tertiary/aromatic N) is 3. The zero-order chi connectivity index (χ0) is 13.1. The fourth-order valence-electron chi connectivity index (χ4n) is 1.74. The monoisotopic (exact) mass is 307 g/mol. The van der Waals surface area contributed by atoms with E-state index in [0.717, 1.165) is 10.0 Å². The number of rotatable bonds is 4. The second-order valence-electron chi connectivity index (χ2n) is 4.35. The molecule has 0 aliphatic rings. The van der Waals surface area contributed by atoms with Crippen LogP contribution >= 0.6 is 15.9 Å². The van der Waals surface area contributed by atoms with Crippen molar-refractivity contribution in [1.29, 1.82) is 0 Å². The highest BCUT2D eigenvalue weighted by atomic mass is 79.9. The number of carbonyl (C=O) groups excluding carboxylic acids is 1. The fourth-order valence-corrected chi connectivity index (χ4v) is 2.19. The van der Waals surface area contributed by atoms with Gasteiger partial charge in [0.1, 0.15) is 6.33 Å². The zero-order valence-electron chi connectivity index (χ0n) is 10.3. The van der Waals surface area contributed by atoms with Crippen LogP contribution in [0.25, 0.3) is 0 Å². The van der Waals surface area contributed by atoms with Crippen molar-refractivity contribution in [2.24, 2.45) is 0 Å². The highest BCUT2D eigenvalue weighted by Gasteiger charge is 2.16. The molecule has 4 nitrogen and oxygen atoms in total. The van der Waals surface area contributed by atoms with Crippen molar-refractivity contribution in [3.05, 3.63) is 46.5 Å². The molecule has 94 valence electrons. The number of halogens is 1. The first kappa shape index (κ1) is 13.0. The molecular weight excluding hydrogens is 294 g/mol. The van der Waals surface area contributed by atoms with Crippen molar-refractivity contribution in [2.75, 3.05) is 0 Å². The molecule has 0 radical (unpaired) electrons. The lowest BCUT2D eigenvalue weighted by atomic mass is 10.1. The molecule has 0 aliphatic heterocycles. The Kier molecular flexibility index (Phi) is 3.91. The molecule has 0 saturated heterocycles. The highest BCUT2D eigenvalue weighted by Crippen LogP contribution is 2.14. The molecule has 1 aromatic heterocycles. The van der Waals surface area contributed by atoms with Crippen LogP contribution in [0.1, 0.15) is 36.1 Å². The van der Waals surface area contributed by atoms with Gasteiger partial charge in [0.25, 0.3) is 0 Å². The highest BCUT2D eigenvalue weighted by molar-refractivity contribution is 9.10. The first-order valence-electron chi connectivity index (χ1n) is 5.75. The molecule has 0 aliphatic carbocycles. The van der Waals surface area contributed by atoms with E-state index in [1.807, 2.05) is 38.1 Å². The van der Waals surface area contributed by atoms with Gasteiger partial charge < -0.3 is 0 Å². The molecule has 0 N–H and O–H groups in total. The summed E-state index contributed by atoms with van der Waals surface area (Å²) in [5, 5.41) is 4.07. The van der Waals surface area contributed by atoms with Crippen LogP contribution < -0.4 is 0 Å². The number of aromatic nitrogens is 3. The van der Waals surface area contributed by atoms with Crippen molar-refractivity contribution in [3.8, 4) is 0 Å². The largest absolute Gasteiger partial charge is 0.290 e. The predicted octanol–water partition coefficient (Wildman–Crippen LogP) is 3.05. The Hall–Kier alpha value is -1.49. The van der Waals surface area contributed by atoms with Gasteiger partial charge in [-0.05, 0) is 31.5 Å². The van der Waals surface area contributed by atoms with E-state index >= 15 is 0 Å². The molecule has 0 saturated carbocycles. The van der Waals surface area contributed by atoms with E-state index in [-0.39, 0.29) is 11.8 Å². The van der Waals surface area contributed by atoms with Crippen molar-refractivity contribution in [1.82, 2.24) is 14.8 Å². The number of hydrogen-bond donors (Lipinski definition) is 0. The molecule has 2 rings (SSSR count). The molecule has 1 heterocycles. The molecule has 18 heavy (non-hydrogen) atoms. The maximum Gasteiger partial charge on any atom is 0.204 e. The summed E-state index contributed by atoms with van der Waals surface area (Å²) in [4.78, 5) is 16.2. The molecule has 0 spiro atoms. The summed E-state index contributed by atoms with van der Waals surface area (Å²) in [6, 6.07) is 7.85. The standard InChI is InChI=1S/C13H14BrN3O/c1-9(2)17-13(15-8-16-17)12(18)7-10-4-3-5-11(14)6-10/h3-6,8-9H,7H2,1-2H3. The zero-order valence-corrected chi connectivity index (χ0v) is 11.9. The van der Waals surface area contributed by atoms with E-state index in [9.17, 15) is 4.79 Å². The lowest BCUT2D eigenvalue weighted by Crippen LogP contribution is -2.15. The first-order chi connectivity index (χ1) is 8.58. The van der Waals surface area contributed by atoms with Crippen LogP contribution in [0.2, 0.25) is 0 Å². The van der Waals surface area contributed by atoms with Crippen LogP contribution in [0.4, 0.5) is 0 Å². The van der Waals surface area contributed by atoms with Crippen molar-refractivity contribution in [2.45, 2.75) is 26.3 Å². The predicted molar refractivity (Wildman–Crippen MR) is 72.6 cm³/mol. The van der Waals surface area contributed by atoms with E-state index in [2.05, 4.69) is 26.0 Å². The van der Waals surface area contributed by atoms with Gasteiger partial charge in [0.2, 0.25) is 5.78 Å². The lowest BCUT2D eigenvalue weighted by molar-refractivity contribution is 0.0975. The van der Waals surface area contributed by atoms with E-state index < -0.39 is 0 Å². The average Bonchev–Trinajstić information content (AvgIpc) is 2.77. The van der Waals surface area contributed by atoms with Gasteiger partial charge in [0, 0.05) is 16.9 Å². The first-order valence-corrected chi connectivity index (χ1v) is 6.54. The number of Topliss-reactive ketones (excluding diaryl/α,β-unsaturated/α-hetero) is 1. The second-order valence-corrected chi connectivity index (χ2v) is 5.27. The number of carbonyl (C=O) groups is 1. The Morgan fingerprint density at radius 3 is 2.89 bits per heavy atom. The number of hydrogen-bond acceptors (Lipinski definition) is 3. The molecule has 0 unspecified atom stereocenters. The summed E-state index contributed by atoms with van der Waals surface area (Å²) in [6.07, 6.45) is 1.76. The van der Waals surface area contributed by atoms with Gasteiger partial charge >= 0.3 is 0 Å². The second kappa shape index (κ2) is 5.44. The van der Waals surface area contributed by atoms with E-state index in [1.165, 1.54) is 6.33 Å². The Balaban J connectivity index is 2.20. The molecule has 1 aromatic carbocycles. The quantitative estimate of drug-likeness (QED) is 0.816. The van der Waals surface area contributed by atoms with Crippen LogP contribution in [-0.2, 0) is 6.42 Å². The molecule has 0 fully saturated rings. The summed E-state index contributed by atoms with van der Waals surface area (Å²) in [5.74, 6) is 0.407. The normalized spacial score (nSPS) is 10.9. The van der Waals surface area contributed by atoms with Crippen LogP contribution in [0.3, 0.4) is 0 Å². The van der Waals surface area contributed by atoms with Gasteiger partial charge in [-0.3, -0.25) is 4.79 Å². The third kappa shape index (κ3) is 2.85. The van der Waals surface area contributed by atoms with Crippen LogP contribution in [0.5, 0.6) is 0 Å². The Bertz CT molecular complexity index is 563. The van der Waals surface area contributed by atoms with Gasteiger partial charge in [0.15, 0.2) is 5.82 Å². The summed E-state index contributed by atoms with van der Waals surface area (Å²) < 4.78 is 2.62. The third-order valence-corrected chi connectivity index (χ3v) is 3.06. The topological polar surface area (TPSA) is 47.8 Å². The lowest BCUT2D eigenvalue weighted by Gasteiger charge is -2.08. The minimum Gasteiger partial charge on any atom is -0.290 e. The molecule has 0 atom stereocenters. The SMILES string of the molecule is CC(C)n1ncnc1C(=O)Cc1cccc(Br)c1. The van der Waals surface area contributed by atoms with Crippen LogP contribution in [0, 0.1) is 0 Å². The van der Waals surface area contributed by atoms with Crippen LogP contribution in [0.15, 0.2) is 35.1 Å². The minimum absolute atomic E-state index is 0.0145. The average molecular weight is 308 g/mol. The Morgan fingerprint density at radius 2 is 2.22 bits per heavy atom. The number of ketones is 1. The molecule has 2 aromatic rings. The summed E-state index contributed by atoms with van der Waals surface area (Å²) >= 11 is 3.39. The van der Waals surface area contributed by atoms with Gasteiger partial charge in [-0.15, -0.1) is 0 Å². The molecule has 5 heteroatoms. The molecular formula is C13H14BrN3O.